The van der Waals surface area contributed by atoms with Gasteiger partial charge in [-0.3, -0.25) is 0 Å². The Bertz CT molecular complexity index is 237. The molecule has 0 fully saturated rings. The van der Waals surface area contributed by atoms with Crippen molar-refractivity contribution in [1.82, 2.24) is 0 Å². The molecule has 3 heteroatoms. The number of rotatable bonds is 7. The molecule has 16 heavy (non-hydrogen) atoms. The number of unbranched alkanes of at least 4 members (excludes halogenated alkanes) is 3. The van der Waals surface area contributed by atoms with E-state index < -0.39 is 5.97 Å². The van der Waals surface area contributed by atoms with E-state index in [1.54, 1.807) is 0 Å². The summed E-state index contributed by atoms with van der Waals surface area (Å²) >= 11 is 0. The molecule has 0 saturated carbocycles. The number of hydrogen-bond donors (Lipinski definition) is 1. The molecule has 1 unspecified atom stereocenters. The molecule has 0 radical (unpaired) electrons. The molecule has 92 valence electrons. The lowest BCUT2D eigenvalue weighted by atomic mass is 10.1. The Morgan fingerprint density at radius 3 is 2.62 bits per heavy atom. The Labute approximate surface area is 98.2 Å². The summed E-state index contributed by atoms with van der Waals surface area (Å²) in [5, 5.41) is 9.59. The fraction of sp³-hybridized carbons (Fsp3) is 0.769. The van der Waals surface area contributed by atoms with Gasteiger partial charge in [-0.05, 0) is 19.3 Å². The largest absolute Gasteiger partial charge is 0.459 e. The summed E-state index contributed by atoms with van der Waals surface area (Å²) in [5.41, 5.74) is 0. The molecule has 0 aromatic rings. The highest BCUT2D eigenvalue weighted by atomic mass is 16.5. The maximum absolute atomic E-state index is 10.6. The van der Waals surface area contributed by atoms with Crippen LogP contribution in [-0.4, -0.2) is 24.3 Å². The van der Waals surface area contributed by atoms with E-state index in [2.05, 4.69) is 23.5 Å². The van der Waals surface area contributed by atoms with Crippen molar-refractivity contribution >= 4 is 5.97 Å². The number of carbonyl (C=O) groups is 1. The summed E-state index contributed by atoms with van der Waals surface area (Å²) in [7, 11) is 1.31. The molecular weight excluding hydrogens is 204 g/mol. The van der Waals surface area contributed by atoms with E-state index in [0.717, 1.165) is 25.7 Å². The van der Waals surface area contributed by atoms with Crippen LogP contribution >= 0.6 is 0 Å². The van der Waals surface area contributed by atoms with Gasteiger partial charge >= 0.3 is 5.97 Å². The first-order chi connectivity index (χ1) is 7.70. The number of carbonyl (C=O) groups excluding carboxylic acids is 1. The van der Waals surface area contributed by atoms with Gasteiger partial charge in [0, 0.05) is 12.3 Å². The van der Waals surface area contributed by atoms with Crippen LogP contribution in [0.15, 0.2) is 0 Å². The third-order valence-corrected chi connectivity index (χ3v) is 2.36. The average Bonchev–Trinajstić information content (AvgIpc) is 2.28. The number of methoxy groups -OCH3 is 1. The van der Waals surface area contributed by atoms with Gasteiger partial charge < -0.3 is 9.84 Å². The Morgan fingerprint density at radius 2 is 2.00 bits per heavy atom. The van der Waals surface area contributed by atoms with Crippen molar-refractivity contribution in [2.75, 3.05) is 7.11 Å². The van der Waals surface area contributed by atoms with Crippen molar-refractivity contribution < 1.29 is 14.6 Å². The molecule has 0 amide bonds. The highest BCUT2D eigenvalue weighted by Gasteiger charge is 2.02. The minimum absolute atomic E-state index is 0.216. The Balaban J connectivity index is 3.42. The van der Waals surface area contributed by atoms with Crippen LogP contribution in [0.5, 0.6) is 0 Å². The number of aliphatic hydroxyl groups is 1. The average molecular weight is 226 g/mol. The van der Waals surface area contributed by atoms with E-state index in [9.17, 15) is 9.90 Å². The van der Waals surface area contributed by atoms with Gasteiger partial charge in [-0.2, -0.15) is 0 Å². The molecule has 0 aliphatic carbocycles. The number of ether oxygens (including phenoxy) is 1. The zero-order valence-corrected chi connectivity index (χ0v) is 10.3. The maximum Gasteiger partial charge on any atom is 0.384 e. The van der Waals surface area contributed by atoms with Crippen LogP contribution in [-0.2, 0) is 9.53 Å². The van der Waals surface area contributed by atoms with E-state index in [4.69, 9.17) is 0 Å². The number of esters is 1. The quantitative estimate of drug-likeness (QED) is 0.313. The molecule has 1 atom stereocenters. The van der Waals surface area contributed by atoms with Crippen molar-refractivity contribution in [3.8, 4) is 11.8 Å². The fourth-order valence-corrected chi connectivity index (χ4v) is 1.39. The number of aliphatic hydroxyl groups excluding tert-OH is 1. The molecule has 1 N–H and O–H groups in total. The second kappa shape index (κ2) is 10.5. The van der Waals surface area contributed by atoms with Crippen LogP contribution in [0.4, 0.5) is 0 Å². The van der Waals surface area contributed by atoms with Crippen molar-refractivity contribution in [3.63, 3.8) is 0 Å². The summed E-state index contributed by atoms with van der Waals surface area (Å²) in [5.74, 6) is 4.59. The zero-order valence-electron chi connectivity index (χ0n) is 10.3. The Hall–Kier alpha value is -1.01. The van der Waals surface area contributed by atoms with Gasteiger partial charge in [0.2, 0.25) is 0 Å². The van der Waals surface area contributed by atoms with Crippen molar-refractivity contribution in [2.45, 2.75) is 58.0 Å². The van der Waals surface area contributed by atoms with Crippen molar-refractivity contribution in [2.24, 2.45) is 0 Å². The number of hydrogen-bond acceptors (Lipinski definition) is 3. The smallest absolute Gasteiger partial charge is 0.384 e. The topological polar surface area (TPSA) is 46.5 Å². The monoisotopic (exact) mass is 226 g/mol. The highest BCUT2D eigenvalue weighted by Crippen LogP contribution is 2.09. The summed E-state index contributed by atoms with van der Waals surface area (Å²) in [6.07, 6.45) is 6.34. The highest BCUT2D eigenvalue weighted by molar-refractivity contribution is 5.88. The van der Waals surface area contributed by atoms with E-state index >= 15 is 0 Å². The van der Waals surface area contributed by atoms with E-state index in [1.165, 1.54) is 20.0 Å². The molecule has 0 aliphatic heterocycles. The van der Waals surface area contributed by atoms with Gasteiger partial charge in [0.15, 0.2) is 0 Å². The van der Waals surface area contributed by atoms with Crippen LogP contribution in [0.25, 0.3) is 0 Å². The molecule has 0 aromatic heterocycles. The second-order valence-corrected chi connectivity index (χ2v) is 3.84. The van der Waals surface area contributed by atoms with Gasteiger partial charge in [-0.25, -0.2) is 4.79 Å². The second-order valence-electron chi connectivity index (χ2n) is 3.84. The van der Waals surface area contributed by atoms with Gasteiger partial charge in [0.25, 0.3) is 0 Å². The van der Waals surface area contributed by atoms with E-state index in [1.807, 2.05) is 0 Å². The summed E-state index contributed by atoms with van der Waals surface area (Å²) in [6, 6.07) is 0. The summed E-state index contributed by atoms with van der Waals surface area (Å²) < 4.78 is 4.38. The molecule has 0 bridgehead atoms. The first-order valence-electron chi connectivity index (χ1n) is 5.95. The molecule has 0 saturated heterocycles. The maximum atomic E-state index is 10.6. The van der Waals surface area contributed by atoms with Crippen molar-refractivity contribution in [1.29, 1.82) is 0 Å². The fourth-order valence-electron chi connectivity index (χ4n) is 1.39. The predicted octanol–water partition coefficient (Wildman–Crippen LogP) is 2.27. The van der Waals surface area contributed by atoms with E-state index in [-0.39, 0.29) is 6.10 Å². The third kappa shape index (κ3) is 9.54. The molecule has 0 aliphatic rings. The SMILES string of the molecule is CCCCCC(O)CCCC#CC(=O)OC. The first-order valence-corrected chi connectivity index (χ1v) is 5.95. The standard InChI is InChI=1S/C13H22O3/c1-3-4-6-9-12(14)10-7-5-8-11-13(15)16-2/h12,14H,3-7,9-10H2,1-2H3. The van der Waals surface area contributed by atoms with Gasteiger partial charge in [0.1, 0.15) is 0 Å². The minimum Gasteiger partial charge on any atom is -0.459 e. The predicted molar refractivity (Wildman–Crippen MR) is 63.8 cm³/mol. The molecule has 0 aromatic carbocycles. The van der Waals surface area contributed by atoms with Gasteiger partial charge in [-0.1, -0.05) is 32.1 Å². The third-order valence-electron chi connectivity index (χ3n) is 2.36. The minimum atomic E-state index is -0.497. The molecule has 0 spiro atoms. The lowest BCUT2D eigenvalue weighted by Gasteiger charge is -2.08. The van der Waals surface area contributed by atoms with Crippen molar-refractivity contribution in [3.05, 3.63) is 0 Å². The summed E-state index contributed by atoms with van der Waals surface area (Å²) in [4.78, 5) is 10.6. The summed E-state index contributed by atoms with van der Waals surface area (Å²) in [6.45, 7) is 2.15. The Kier molecular flexibility index (Phi) is 9.84. The van der Waals surface area contributed by atoms with E-state index in [0.29, 0.717) is 6.42 Å². The molecule has 3 nitrogen and oxygen atoms in total. The lowest BCUT2D eigenvalue weighted by Crippen LogP contribution is -2.05. The van der Waals surface area contributed by atoms with Crippen LogP contribution < -0.4 is 0 Å². The van der Waals surface area contributed by atoms with Gasteiger partial charge in [0.05, 0.1) is 13.2 Å². The van der Waals surface area contributed by atoms with Crippen LogP contribution in [0.3, 0.4) is 0 Å². The lowest BCUT2D eigenvalue weighted by molar-refractivity contribution is -0.133. The first kappa shape index (κ1) is 15.0. The molecular formula is C13H22O3. The molecule has 0 heterocycles. The van der Waals surface area contributed by atoms with Crippen LogP contribution in [0.1, 0.15) is 51.9 Å². The van der Waals surface area contributed by atoms with Crippen LogP contribution in [0, 0.1) is 11.8 Å². The zero-order chi connectivity index (χ0) is 12.2. The normalized spacial score (nSPS) is 11.4. The Morgan fingerprint density at radius 1 is 1.31 bits per heavy atom. The van der Waals surface area contributed by atoms with Crippen LogP contribution in [0.2, 0.25) is 0 Å². The van der Waals surface area contributed by atoms with Gasteiger partial charge in [-0.15, -0.1) is 0 Å². The molecule has 0 rings (SSSR count).